The van der Waals surface area contributed by atoms with Crippen LogP contribution in [0.1, 0.15) is 44.3 Å². The maximum atomic E-state index is 13.9. The third kappa shape index (κ3) is 5.13. The van der Waals surface area contributed by atoms with Crippen LogP contribution in [0.5, 0.6) is 28.7 Å². The topological polar surface area (TPSA) is 106 Å². The Balaban J connectivity index is 1.60. The van der Waals surface area contributed by atoms with Gasteiger partial charge in [0, 0.05) is 17.7 Å². The van der Waals surface area contributed by atoms with Crippen molar-refractivity contribution in [1.29, 1.82) is 0 Å². The molecule has 1 atom stereocenters. The smallest absolute Gasteiger partial charge is 0.273 e. The zero-order chi connectivity index (χ0) is 30.0. The van der Waals surface area contributed by atoms with Crippen LogP contribution in [-0.4, -0.2) is 60.6 Å². The second kappa shape index (κ2) is 11.9. The number of benzene rings is 3. The number of aromatic amines is 1. The van der Waals surface area contributed by atoms with Crippen molar-refractivity contribution in [3.8, 4) is 40.0 Å². The van der Waals surface area contributed by atoms with Gasteiger partial charge in [-0.1, -0.05) is 30.9 Å². The molecule has 1 amide bonds. The number of phenolic OH excluding ortho intramolecular Hbond substituents is 1. The fourth-order valence-corrected chi connectivity index (χ4v) is 5.53. The first-order chi connectivity index (χ1) is 20.3. The lowest BCUT2D eigenvalue weighted by Gasteiger charge is -2.27. The van der Waals surface area contributed by atoms with Crippen molar-refractivity contribution in [2.24, 2.45) is 0 Å². The van der Waals surface area contributed by atoms with E-state index < -0.39 is 6.04 Å². The van der Waals surface area contributed by atoms with Crippen LogP contribution < -0.4 is 18.9 Å². The van der Waals surface area contributed by atoms with Gasteiger partial charge in [-0.05, 0) is 72.9 Å². The Hall–Kier alpha value is -4.92. The van der Waals surface area contributed by atoms with E-state index in [-0.39, 0.29) is 11.7 Å². The van der Waals surface area contributed by atoms with E-state index >= 15 is 0 Å². The molecule has 0 spiro atoms. The highest BCUT2D eigenvalue weighted by Gasteiger charge is 2.42. The summed E-state index contributed by atoms with van der Waals surface area (Å²) in [6, 6.07) is 14.7. The van der Waals surface area contributed by atoms with Crippen LogP contribution in [0.4, 0.5) is 0 Å². The third-order valence-electron chi connectivity index (χ3n) is 7.51. The third-order valence-corrected chi connectivity index (χ3v) is 7.51. The van der Waals surface area contributed by atoms with Crippen molar-refractivity contribution in [2.75, 3.05) is 34.5 Å². The average Bonchev–Trinajstić information content (AvgIpc) is 3.54. The number of rotatable bonds is 11. The molecule has 0 aliphatic carbocycles. The molecule has 0 bridgehead atoms. The summed E-state index contributed by atoms with van der Waals surface area (Å²) < 4.78 is 22.3. The Morgan fingerprint density at radius 3 is 2.40 bits per heavy atom. The maximum absolute atomic E-state index is 13.9. The number of methoxy groups -OCH3 is 3. The summed E-state index contributed by atoms with van der Waals surface area (Å²) in [6.07, 6.45) is 2.24. The zero-order valence-electron chi connectivity index (χ0n) is 24.5. The Morgan fingerprint density at radius 1 is 0.976 bits per heavy atom. The molecule has 9 nitrogen and oxygen atoms in total. The number of fused-ring (bicyclic) bond motifs is 1. The van der Waals surface area contributed by atoms with Crippen molar-refractivity contribution >= 4 is 5.91 Å². The van der Waals surface area contributed by atoms with Crippen molar-refractivity contribution in [3.63, 3.8) is 0 Å². The fraction of sp³-hybridized carbons (Fsp3) is 0.273. The molecule has 2 heterocycles. The second-order valence-electron chi connectivity index (χ2n) is 10.2. The van der Waals surface area contributed by atoms with E-state index in [9.17, 15) is 9.90 Å². The van der Waals surface area contributed by atoms with Gasteiger partial charge < -0.3 is 29.0 Å². The van der Waals surface area contributed by atoms with Crippen molar-refractivity contribution < 1.29 is 28.8 Å². The van der Waals surface area contributed by atoms with E-state index in [1.54, 1.807) is 27.4 Å². The number of nitrogens with one attached hydrogen (secondary N) is 1. The van der Waals surface area contributed by atoms with E-state index in [1.807, 2.05) is 67.3 Å². The minimum absolute atomic E-state index is 0.135. The zero-order valence-corrected chi connectivity index (χ0v) is 24.5. The normalized spacial score (nSPS) is 14.1. The summed E-state index contributed by atoms with van der Waals surface area (Å²) in [5.74, 6) is 2.33. The van der Waals surface area contributed by atoms with Crippen LogP contribution >= 0.6 is 0 Å². The van der Waals surface area contributed by atoms with Gasteiger partial charge in [0.15, 0.2) is 23.0 Å². The summed E-state index contributed by atoms with van der Waals surface area (Å²) in [5.41, 5.74) is 5.73. The molecule has 0 fully saturated rings. The average molecular weight is 570 g/mol. The molecule has 4 aromatic rings. The molecule has 2 N–H and O–H groups in total. The first-order valence-corrected chi connectivity index (χ1v) is 13.6. The standard InChI is InChI=1S/C33H35N3O6/c1-7-14-42-25-11-9-22(18-27(25)41-6)31-28-29(23-16-19(2)15-20(3)32(23)37)34-35-30(28)33(38)36(31)13-12-21-8-10-24(39-4)26(17-21)40-5/h7-11,15-18,31,37H,1,12-14H2,2-6H3,(H,34,35). The quantitative estimate of drug-likeness (QED) is 0.221. The lowest BCUT2D eigenvalue weighted by Crippen LogP contribution is -2.31. The van der Waals surface area contributed by atoms with Gasteiger partial charge in [-0.3, -0.25) is 9.89 Å². The molecule has 218 valence electrons. The number of ether oxygens (including phenoxy) is 4. The number of hydrogen-bond donors (Lipinski definition) is 2. The predicted octanol–water partition coefficient (Wildman–Crippen LogP) is 5.78. The molecule has 5 rings (SSSR count). The molecule has 3 aromatic carbocycles. The largest absolute Gasteiger partial charge is 0.507 e. The highest BCUT2D eigenvalue weighted by molar-refractivity contribution is 6.00. The van der Waals surface area contributed by atoms with Gasteiger partial charge in [0.1, 0.15) is 23.7 Å². The summed E-state index contributed by atoms with van der Waals surface area (Å²) in [5, 5.41) is 18.6. The number of phenols is 1. The molecule has 0 radical (unpaired) electrons. The minimum atomic E-state index is -0.496. The van der Waals surface area contributed by atoms with E-state index in [4.69, 9.17) is 18.9 Å². The SMILES string of the molecule is C=CCOc1ccc(C2c3c(-c4cc(C)cc(C)c4O)n[nH]c3C(=O)N2CCc2ccc(OC)c(OC)c2)cc1OC. The van der Waals surface area contributed by atoms with Gasteiger partial charge >= 0.3 is 0 Å². The highest BCUT2D eigenvalue weighted by atomic mass is 16.5. The van der Waals surface area contributed by atoms with Gasteiger partial charge in [0.25, 0.3) is 5.91 Å². The van der Waals surface area contributed by atoms with E-state index in [2.05, 4.69) is 16.8 Å². The summed E-state index contributed by atoms with van der Waals surface area (Å²) in [6.45, 7) is 8.28. The molecule has 0 saturated carbocycles. The lowest BCUT2D eigenvalue weighted by atomic mass is 9.93. The number of aromatic nitrogens is 2. The first kappa shape index (κ1) is 28.6. The molecule has 1 unspecified atom stereocenters. The lowest BCUT2D eigenvalue weighted by molar-refractivity contribution is 0.0745. The van der Waals surface area contributed by atoms with Crippen LogP contribution in [0.3, 0.4) is 0 Å². The monoisotopic (exact) mass is 569 g/mol. The number of nitrogens with zero attached hydrogens (tertiary/aromatic N) is 2. The van der Waals surface area contributed by atoms with Gasteiger partial charge in [-0.15, -0.1) is 0 Å². The van der Waals surface area contributed by atoms with Crippen LogP contribution in [-0.2, 0) is 6.42 Å². The van der Waals surface area contributed by atoms with Crippen molar-refractivity contribution in [2.45, 2.75) is 26.3 Å². The Bertz CT molecular complexity index is 1640. The van der Waals surface area contributed by atoms with Gasteiger partial charge in [-0.2, -0.15) is 5.10 Å². The number of aromatic hydroxyl groups is 1. The second-order valence-corrected chi connectivity index (χ2v) is 10.2. The number of H-pyrrole nitrogens is 1. The molecule has 1 aromatic heterocycles. The van der Waals surface area contributed by atoms with Crippen LogP contribution in [0.15, 0.2) is 61.2 Å². The molecular weight excluding hydrogens is 534 g/mol. The predicted molar refractivity (Wildman–Crippen MR) is 160 cm³/mol. The number of carbonyl (C=O) groups excluding carboxylic acids is 1. The number of amides is 1. The van der Waals surface area contributed by atoms with E-state index in [1.165, 1.54) is 0 Å². The maximum Gasteiger partial charge on any atom is 0.273 e. The van der Waals surface area contributed by atoms with Crippen LogP contribution in [0, 0.1) is 13.8 Å². The first-order valence-electron chi connectivity index (χ1n) is 13.6. The number of carbonyl (C=O) groups is 1. The molecule has 1 aliphatic rings. The molecule has 1 aliphatic heterocycles. The Kier molecular flexibility index (Phi) is 8.10. The van der Waals surface area contributed by atoms with Gasteiger partial charge in [-0.25, -0.2) is 0 Å². The van der Waals surface area contributed by atoms with E-state index in [0.717, 1.165) is 22.3 Å². The molecule has 42 heavy (non-hydrogen) atoms. The minimum Gasteiger partial charge on any atom is -0.507 e. The van der Waals surface area contributed by atoms with Crippen molar-refractivity contribution in [1.82, 2.24) is 15.1 Å². The number of hydrogen-bond acceptors (Lipinski definition) is 7. The Labute approximate surface area is 245 Å². The van der Waals surface area contributed by atoms with Crippen LogP contribution in [0.2, 0.25) is 0 Å². The number of aryl methyl sites for hydroxylation is 2. The highest BCUT2D eigenvalue weighted by Crippen LogP contribution is 2.46. The van der Waals surface area contributed by atoms with Gasteiger partial charge in [0.05, 0.1) is 27.4 Å². The molecule has 9 heteroatoms. The molecule has 0 saturated heterocycles. The summed E-state index contributed by atoms with van der Waals surface area (Å²) >= 11 is 0. The fourth-order valence-electron chi connectivity index (χ4n) is 5.53. The van der Waals surface area contributed by atoms with Crippen molar-refractivity contribution in [3.05, 3.63) is 94.7 Å². The van der Waals surface area contributed by atoms with Crippen LogP contribution in [0.25, 0.3) is 11.3 Å². The Morgan fingerprint density at radius 2 is 1.69 bits per heavy atom. The van der Waals surface area contributed by atoms with E-state index in [0.29, 0.717) is 65.1 Å². The van der Waals surface area contributed by atoms with Gasteiger partial charge in [0.2, 0.25) is 0 Å². The molecular formula is C33H35N3O6. The summed E-state index contributed by atoms with van der Waals surface area (Å²) in [7, 11) is 4.78. The summed E-state index contributed by atoms with van der Waals surface area (Å²) in [4.78, 5) is 15.8.